The van der Waals surface area contributed by atoms with Crippen LogP contribution in [-0.2, 0) is 4.79 Å². The van der Waals surface area contributed by atoms with Crippen molar-refractivity contribution >= 4 is 39.9 Å². The highest BCUT2D eigenvalue weighted by atomic mass is 32.2. The van der Waals surface area contributed by atoms with Crippen LogP contribution in [0.1, 0.15) is 0 Å². The van der Waals surface area contributed by atoms with Crippen LogP contribution in [0.15, 0.2) is 76.5 Å². The third-order valence-electron chi connectivity index (χ3n) is 4.33. The first-order valence-electron chi connectivity index (χ1n) is 9.05. The number of para-hydroxylation sites is 1. The van der Waals surface area contributed by atoms with E-state index >= 15 is 0 Å². The van der Waals surface area contributed by atoms with Gasteiger partial charge in [-0.1, -0.05) is 30.0 Å². The van der Waals surface area contributed by atoms with Gasteiger partial charge in [0.05, 0.1) is 17.5 Å². The summed E-state index contributed by atoms with van der Waals surface area (Å²) in [5.74, 6) is 0.366. The fourth-order valence-corrected chi connectivity index (χ4v) is 3.77. The van der Waals surface area contributed by atoms with E-state index in [1.54, 1.807) is 29.0 Å². The van der Waals surface area contributed by atoms with Crippen LogP contribution in [-0.4, -0.2) is 31.2 Å². The van der Waals surface area contributed by atoms with E-state index in [-0.39, 0.29) is 11.7 Å². The van der Waals surface area contributed by atoms with Crippen molar-refractivity contribution in [3.05, 3.63) is 72.7 Å². The number of amides is 1. The van der Waals surface area contributed by atoms with Gasteiger partial charge in [0.15, 0.2) is 16.6 Å². The second-order valence-electron chi connectivity index (χ2n) is 6.41. The van der Waals surface area contributed by atoms with E-state index in [1.165, 1.54) is 30.0 Å². The van der Waals surface area contributed by atoms with Gasteiger partial charge in [0, 0.05) is 11.1 Å². The molecule has 5 aromatic rings. The highest BCUT2D eigenvalue weighted by molar-refractivity contribution is 7.99. The molecule has 5 rings (SSSR count). The van der Waals surface area contributed by atoms with Crippen molar-refractivity contribution in [1.82, 2.24) is 19.6 Å². The molecular weight excluding hydrogens is 405 g/mol. The molecule has 0 aliphatic rings. The Morgan fingerprint density at radius 3 is 2.83 bits per heavy atom. The van der Waals surface area contributed by atoms with Crippen LogP contribution in [0.3, 0.4) is 0 Å². The minimum absolute atomic E-state index is 0.0763. The molecule has 0 saturated carbocycles. The van der Waals surface area contributed by atoms with Crippen LogP contribution in [0, 0.1) is 5.82 Å². The largest absolute Gasteiger partial charge is 0.461 e. The van der Waals surface area contributed by atoms with Crippen LogP contribution in [0.25, 0.3) is 28.1 Å². The average Bonchev–Trinajstić information content (AvgIpc) is 3.42. The van der Waals surface area contributed by atoms with Crippen molar-refractivity contribution in [3.63, 3.8) is 0 Å². The maximum absolute atomic E-state index is 13.3. The molecule has 148 valence electrons. The molecule has 2 aromatic carbocycles. The van der Waals surface area contributed by atoms with E-state index in [1.807, 2.05) is 24.3 Å². The number of halogens is 1. The minimum Gasteiger partial charge on any atom is -0.461 e. The molecule has 0 fully saturated rings. The van der Waals surface area contributed by atoms with Crippen molar-refractivity contribution in [2.24, 2.45) is 0 Å². The predicted molar refractivity (Wildman–Crippen MR) is 112 cm³/mol. The van der Waals surface area contributed by atoms with Gasteiger partial charge in [0.2, 0.25) is 11.7 Å². The third-order valence-corrected chi connectivity index (χ3v) is 5.26. The van der Waals surface area contributed by atoms with Gasteiger partial charge in [-0.2, -0.15) is 4.52 Å². The summed E-state index contributed by atoms with van der Waals surface area (Å²) in [5.41, 5.74) is 1.77. The fraction of sp³-hybridized carbons (Fsp3) is 0.0476. The first kappa shape index (κ1) is 18.3. The number of carbonyl (C=O) groups is 1. The smallest absolute Gasteiger partial charge is 0.234 e. The highest BCUT2D eigenvalue weighted by Crippen LogP contribution is 2.26. The number of anilines is 1. The van der Waals surface area contributed by atoms with E-state index in [0.717, 1.165) is 10.9 Å². The molecule has 0 bridgehead atoms. The Labute approximate surface area is 173 Å². The number of hydrogen-bond acceptors (Lipinski definition) is 6. The van der Waals surface area contributed by atoms with Crippen LogP contribution in [0.5, 0.6) is 0 Å². The molecule has 1 N–H and O–H groups in total. The maximum Gasteiger partial charge on any atom is 0.234 e. The highest BCUT2D eigenvalue weighted by Gasteiger charge is 2.17. The van der Waals surface area contributed by atoms with E-state index in [2.05, 4.69) is 20.4 Å². The number of carbonyl (C=O) groups excluding carboxylic acids is 1. The van der Waals surface area contributed by atoms with E-state index in [0.29, 0.717) is 28.1 Å². The SMILES string of the molecule is O=C(CSc1nc2ccccc2c2nc(-c3ccco3)nn12)Nc1cccc(F)c1. The van der Waals surface area contributed by atoms with Gasteiger partial charge in [-0.05, 0) is 42.5 Å². The van der Waals surface area contributed by atoms with Crippen LogP contribution in [0.4, 0.5) is 10.1 Å². The second kappa shape index (κ2) is 7.60. The average molecular weight is 419 g/mol. The Balaban J connectivity index is 1.47. The van der Waals surface area contributed by atoms with Gasteiger partial charge >= 0.3 is 0 Å². The summed E-state index contributed by atoms with van der Waals surface area (Å²) in [5, 5.41) is 8.56. The second-order valence-corrected chi connectivity index (χ2v) is 7.35. The summed E-state index contributed by atoms with van der Waals surface area (Å²) in [4.78, 5) is 21.6. The van der Waals surface area contributed by atoms with Gasteiger partial charge in [0.1, 0.15) is 5.82 Å². The molecule has 0 aliphatic carbocycles. The number of rotatable bonds is 5. The zero-order valence-corrected chi connectivity index (χ0v) is 16.3. The molecule has 0 radical (unpaired) electrons. The number of furan rings is 1. The normalized spacial score (nSPS) is 11.2. The summed E-state index contributed by atoms with van der Waals surface area (Å²) < 4.78 is 20.3. The number of benzene rings is 2. The quantitative estimate of drug-likeness (QED) is 0.336. The van der Waals surface area contributed by atoms with Crippen LogP contribution < -0.4 is 5.32 Å². The number of thioether (sulfide) groups is 1. The molecular formula is C21H14FN5O2S. The Morgan fingerprint density at radius 2 is 2.00 bits per heavy atom. The standard InChI is InChI=1S/C21H14FN5O2S/c22-13-5-3-6-14(11-13)23-18(28)12-30-21-24-16-8-2-1-7-15(16)20-25-19(26-27(20)21)17-9-4-10-29-17/h1-11H,12H2,(H,23,28). The van der Waals surface area contributed by atoms with Crippen LogP contribution >= 0.6 is 11.8 Å². The van der Waals surface area contributed by atoms with Gasteiger partial charge in [-0.3, -0.25) is 4.79 Å². The van der Waals surface area contributed by atoms with Crippen molar-refractivity contribution in [2.45, 2.75) is 5.16 Å². The Bertz CT molecular complexity index is 1370. The topological polar surface area (TPSA) is 85.3 Å². The number of fused-ring (bicyclic) bond motifs is 3. The Hall–Kier alpha value is -3.72. The molecule has 9 heteroatoms. The molecule has 30 heavy (non-hydrogen) atoms. The summed E-state index contributed by atoms with van der Waals surface area (Å²) in [6.07, 6.45) is 1.56. The number of nitrogens with zero attached hydrogens (tertiary/aromatic N) is 4. The van der Waals surface area contributed by atoms with Gasteiger partial charge in [-0.15, -0.1) is 5.10 Å². The lowest BCUT2D eigenvalue weighted by Crippen LogP contribution is -2.14. The third kappa shape index (κ3) is 3.50. The first-order valence-corrected chi connectivity index (χ1v) is 10.0. The number of aromatic nitrogens is 4. The first-order chi connectivity index (χ1) is 14.7. The summed E-state index contributed by atoms with van der Waals surface area (Å²) >= 11 is 1.22. The zero-order chi connectivity index (χ0) is 20.5. The summed E-state index contributed by atoms with van der Waals surface area (Å²) in [7, 11) is 0. The van der Waals surface area contributed by atoms with E-state index in [4.69, 9.17) is 4.42 Å². The van der Waals surface area contributed by atoms with Crippen LogP contribution in [0.2, 0.25) is 0 Å². The molecule has 0 unspecified atom stereocenters. The molecule has 3 heterocycles. The minimum atomic E-state index is -0.411. The van der Waals surface area contributed by atoms with Gasteiger partial charge in [0.25, 0.3) is 0 Å². The molecule has 7 nitrogen and oxygen atoms in total. The lowest BCUT2D eigenvalue weighted by molar-refractivity contribution is -0.113. The fourth-order valence-electron chi connectivity index (χ4n) is 3.03. The maximum atomic E-state index is 13.3. The summed E-state index contributed by atoms with van der Waals surface area (Å²) in [6.45, 7) is 0. The predicted octanol–water partition coefficient (Wildman–Crippen LogP) is 4.41. The number of nitrogens with one attached hydrogen (secondary N) is 1. The molecule has 0 spiro atoms. The summed E-state index contributed by atoms with van der Waals surface area (Å²) in [6, 6.07) is 16.9. The van der Waals surface area contributed by atoms with E-state index < -0.39 is 5.82 Å². The van der Waals surface area contributed by atoms with Crippen molar-refractivity contribution in [1.29, 1.82) is 0 Å². The molecule has 0 atom stereocenters. The van der Waals surface area contributed by atoms with Crippen molar-refractivity contribution in [3.8, 4) is 11.6 Å². The van der Waals surface area contributed by atoms with Crippen molar-refractivity contribution in [2.75, 3.05) is 11.1 Å². The van der Waals surface area contributed by atoms with Gasteiger partial charge in [-0.25, -0.2) is 14.4 Å². The van der Waals surface area contributed by atoms with Crippen molar-refractivity contribution < 1.29 is 13.6 Å². The molecule has 3 aromatic heterocycles. The lowest BCUT2D eigenvalue weighted by Gasteiger charge is -2.07. The Morgan fingerprint density at radius 1 is 1.10 bits per heavy atom. The zero-order valence-electron chi connectivity index (χ0n) is 15.4. The Kier molecular flexibility index (Phi) is 4.64. The van der Waals surface area contributed by atoms with Gasteiger partial charge < -0.3 is 9.73 Å². The molecule has 1 amide bonds. The molecule has 0 saturated heterocycles. The monoisotopic (exact) mass is 419 g/mol. The number of hydrogen-bond donors (Lipinski definition) is 1. The van der Waals surface area contributed by atoms with E-state index in [9.17, 15) is 9.18 Å². The lowest BCUT2D eigenvalue weighted by atomic mass is 10.2. The molecule has 0 aliphatic heterocycles.